The highest BCUT2D eigenvalue weighted by Crippen LogP contribution is 2.33. The molecule has 2 rings (SSSR count). The van der Waals surface area contributed by atoms with Crippen LogP contribution >= 0.6 is 58.5 Å². The van der Waals surface area contributed by atoms with Gasteiger partial charge >= 0.3 is 0 Å². The van der Waals surface area contributed by atoms with Crippen LogP contribution in [0.2, 0.25) is 15.1 Å². The molecule has 0 heterocycles. The Hall–Kier alpha value is -0.190. The summed E-state index contributed by atoms with van der Waals surface area (Å²) >= 11 is 21.0. The lowest BCUT2D eigenvalue weighted by molar-refractivity contribution is 1.44. The van der Waals surface area contributed by atoms with Crippen molar-refractivity contribution in [1.82, 2.24) is 0 Å². The van der Waals surface area contributed by atoms with E-state index in [2.05, 4.69) is 4.72 Å². The number of hydrogen-bond acceptors (Lipinski definition) is 3. The van der Waals surface area contributed by atoms with E-state index in [4.69, 9.17) is 34.8 Å². The molecule has 100 valence electrons. The predicted molar refractivity (Wildman–Crippen MR) is 89.2 cm³/mol. The van der Waals surface area contributed by atoms with Crippen molar-refractivity contribution in [2.45, 2.75) is 9.79 Å². The fourth-order valence-electron chi connectivity index (χ4n) is 1.41. The number of nitrogens with one attached hydrogen (secondary N) is 1. The number of anilines is 1. The van der Waals surface area contributed by atoms with E-state index in [0.29, 0.717) is 15.1 Å². The average molecular weight is 351 g/mol. The highest BCUT2D eigenvalue weighted by Gasteiger charge is 2.04. The largest absolute Gasteiger partial charge is 0.325 e. The summed E-state index contributed by atoms with van der Waals surface area (Å²) in [6.07, 6.45) is 2.03. The van der Waals surface area contributed by atoms with Gasteiger partial charge < -0.3 is 4.72 Å². The molecule has 0 unspecified atom stereocenters. The zero-order valence-electron chi connectivity index (χ0n) is 9.91. The monoisotopic (exact) mass is 349 g/mol. The van der Waals surface area contributed by atoms with Gasteiger partial charge in [-0.3, -0.25) is 0 Å². The van der Waals surface area contributed by atoms with Crippen molar-refractivity contribution in [3.05, 3.63) is 51.5 Å². The molecule has 6 heteroatoms. The van der Waals surface area contributed by atoms with Crippen LogP contribution in [0.25, 0.3) is 0 Å². The first-order valence-electron chi connectivity index (χ1n) is 5.31. The van der Waals surface area contributed by atoms with Crippen LogP contribution in [0.5, 0.6) is 0 Å². The topological polar surface area (TPSA) is 12.0 Å². The summed E-state index contributed by atoms with van der Waals surface area (Å²) < 4.78 is 3.28. The molecule has 2 aromatic carbocycles. The number of hydrogen-bond donors (Lipinski definition) is 1. The van der Waals surface area contributed by atoms with Gasteiger partial charge in [0.05, 0.1) is 15.7 Å². The van der Waals surface area contributed by atoms with Crippen LogP contribution in [0.1, 0.15) is 0 Å². The van der Waals surface area contributed by atoms with Crippen molar-refractivity contribution in [2.24, 2.45) is 0 Å². The molecule has 0 bridgehead atoms. The van der Waals surface area contributed by atoms with E-state index in [1.165, 1.54) is 11.9 Å². The lowest BCUT2D eigenvalue weighted by Crippen LogP contribution is -1.89. The van der Waals surface area contributed by atoms with E-state index >= 15 is 0 Å². The lowest BCUT2D eigenvalue weighted by atomic mass is 10.3. The van der Waals surface area contributed by atoms with Gasteiger partial charge in [0, 0.05) is 14.8 Å². The van der Waals surface area contributed by atoms with Crippen LogP contribution in [0.15, 0.2) is 46.2 Å². The van der Waals surface area contributed by atoms with Gasteiger partial charge in [-0.25, -0.2) is 0 Å². The predicted octanol–water partition coefficient (Wildman–Crippen LogP) is 6.49. The van der Waals surface area contributed by atoms with Crippen LogP contribution in [0.4, 0.5) is 5.69 Å². The smallest absolute Gasteiger partial charge is 0.0604 e. The molecule has 0 aromatic heterocycles. The van der Waals surface area contributed by atoms with Crippen LogP contribution < -0.4 is 4.72 Å². The van der Waals surface area contributed by atoms with Gasteiger partial charge in [-0.05, 0) is 54.6 Å². The van der Waals surface area contributed by atoms with Gasteiger partial charge in [0.25, 0.3) is 0 Å². The Labute approximate surface area is 136 Å². The summed E-state index contributed by atoms with van der Waals surface area (Å²) in [5.74, 6) is 0. The third kappa shape index (κ3) is 4.14. The first-order chi connectivity index (χ1) is 9.10. The Balaban J connectivity index is 2.13. The molecule has 0 fully saturated rings. The van der Waals surface area contributed by atoms with Gasteiger partial charge in [-0.1, -0.05) is 34.8 Å². The van der Waals surface area contributed by atoms with Gasteiger partial charge in [-0.15, -0.1) is 11.8 Å². The number of halogens is 3. The van der Waals surface area contributed by atoms with Gasteiger partial charge in [-0.2, -0.15) is 0 Å². The molecule has 0 aliphatic rings. The zero-order valence-corrected chi connectivity index (χ0v) is 13.8. The van der Waals surface area contributed by atoms with Gasteiger partial charge in [0.15, 0.2) is 0 Å². The summed E-state index contributed by atoms with van der Waals surface area (Å²) in [5, 5.41) is 1.80. The first-order valence-corrected chi connectivity index (χ1v) is 8.49. The van der Waals surface area contributed by atoms with Crippen molar-refractivity contribution in [2.75, 3.05) is 11.0 Å². The molecule has 1 nitrogen and oxygen atoms in total. The molecule has 0 radical (unpaired) electrons. The van der Waals surface area contributed by atoms with Crippen molar-refractivity contribution >= 4 is 64.2 Å². The minimum Gasteiger partial charge on any atom is -0.325 e. The molecule has 0 spiro atoms. The molecule has 19 heavy (non-hydrogen) atoms. The fourth-order valence-corrected chi connectivity index (χ4v) is 3.26. The van der Waals surface area contributed by atoms with E-state index < -0.39 is 0 Å². The SMILES string of the molecule is CSc1ccc(Cl)cc1NSc1ccc(Cl)c(Cl)c1. The molecule has 1 N–H and O–H groups in total. The van der Waals surface area contributed by atoms with Crippen molar-refractivity contribution in [3.63, 3.8) is 0 Å². The fraction of sp³-hybridized carbons (Fsp3) is 0.0769. The highest BCUT2D eigenvalue weighted by atomic mass is 35.5. The Morgan fingerprint density at radius 3 is 2.42 bits per heavy atom. The first kappa shape index (κ1) is 15.2. The van der Waals surface area contributed by atoms with Crippen LogP contribution in [0.3, 0.4) is 0 Å². The minimum absolute atomic E-state index is 0.546. The summed E-state index contributed by atoms with van der Waals surface area (Å²) in [6, 6.07) is 11.3. The lowest BCUT2D eigenvalue weighted by Gasteiger charge is -2.10. The second-order valence-electron chi connectivity index (χ2n) is 3.62. The number of benzene rings is 2. The van der Waals surface area contributed by atoms with E-state index in [-0.39, 0.29) is 0 Å². The van der Waals surface area contributed by atoms with Crippen LogP contribution in [-0.2, 0) is 0 Å². The van der Waals surface area contributed by atoms with E-state index in [1.807, 2.05) is 36.6 Å². The Kier molecular flexibility index (Phi) is 5.60. The van der Waals surface area contributed by atoms with E-state index in [9.17, 15) is 0 Å². The Morgan fingerprint density at radius 2 is 1.74 bits per heavy atom. The molecule has 0 atom stereocenters. The van der Waals surface area contributed by atoms with Crippen LogP contribution in [0, 0.1) is 0 Å². The summed E-state index contributed by atoms with van der Waals surface area (Å²) in [7, 11) is 0. The zero-order chi connectivity index (χ0) is 13.8. The highest BCUT2D eigenvalue weighted by molar-refractivity contribution is 8.01. The van der Waals surface area contributed by atoms with Gasteiger partial charge in [0.1, 0.15) is 0 Å². The number of rotatable bonds is 4. The van der Waals surface area contributed by atoms with Crippen molar-refractivity contribution < 1.29 is 0 Å². The van der Waals surface area contributed by atoms with Crippen molar-refractivity contribution in [1.29, 1.82) is 0 Å². The molecule has 0 saturated heterocycles. The summed E-state index contributed by atoms with van der Waals surface area (Å²) in [5.41, 5.74) is 0.982. The quantitative estimate of drug-likeness (QED) is 0.500. The van der Waals surface area contributed by atoms with E-state index in [0.717, 1.165) is 15.5 Å². The summed E-state index contributed by atoms with van der Waals surface area (Å²) in [6.45, 7) is 0. The maximum Gasteiger partial charge on any atom is 0.0604 e. The van der Waals surface area contributed by atoms with Crippen LogP contribution in [-0.4, -0.2) is 6.26 Å². The Morgan fingerprint density at radius 1 is 0.947 bits per heavy atom. The molecule has 0 amide bonds. The molecule has 2 aromatic rings. The second kappa shape index (κ2) is 7.00. The Bertz CT molecular complexity index is 590. The molecule has 0 saturated carbocycles. The average Bonchev–Trinajstić information content (AvgIpc) is 2.40. The standard InChI is InChI=1S/C13H10Cl3NS2/c1-18-13-5-2-8(14)6-12(13)17-19-9-3-4-10(15)11(16)7-9/h2-7,17H,1H3. The van der Waals surface area contributed by atoms with E-state index in [1.54, 1.807) is 17.8 Å². The molecule has 0 aliphatic carbocycles. The maximum atomic E-state index is 6.00. The third-order valence-electron chi connectivity index (χ3n) is 2.33. The van der Waals surface area contributed by atoms with Gasteiger partial charge in [0.2, 0.25) is 0 Å². The normalized spacial score (nSPS) is 10.5. The number of thioether (sulfide) groups is 1. The second-order valence-corrected chi connectivity index (χ2v) is 6.60. The third-order valence-corrected chi connectivity index (χ3v) is 4.91. The molecular weight excluding hydrogens is 341 g/mol. The molecule has 0 aliphatic heterocycles. The van der Waals surface area contributed by atoms with Crippen molar-refractivity contribution in [3.8, 4) is 0 Å². The maximum absolute atomic E-state index is 6.00. The minimum atomic E-state index is 0.546. The molecular formula is C13H10Cl3NS2. The summed E-state index contributed by atoms with van der Waals surface area (Å²) in [4.78, 5) is 2.12.